The second-order valence-corrected chi connectivity index (χ2v) is 7.83. The highest BCUT2D eigenvalue weighted by atomic mass is 16.1. The lowest BCUT2D eigenvalue weighted by atomic mass is 9.84. The summed E-state index contributed by atoms with van der Waals surface area (Å²) < 4.78 is 0. The fourth-order valence-corrected chi connectivity index (χ4v) is 4.26. The molecule has 4 heteroatoms. The van der Waals surface area contributed by atoms with Crippen molar-refractivity contribution in [2.24, 2.45) is 5.92 Å². The summed E-state index contributed by atoms with van der Waals surface area (Å²) in [7, 11) is 0. The minimum absolute atomic E-state index is 0.176. The molecule has 0 amide bonds. The van der Waals surface area contributed by atoms with Crippen molar-refractivity contribution in [1.29, 1.82) is 0 Å². The van der Waals surface area contributed by atoms with Crippen LogP contribution in [0.2, 0.25) is 0 Å². The number of hydrogen-bond donors (Lipinski definition) is 0. The van der Waals surface area contributed by atoms with Gasteiger partial charge in [-0.25, -0.2) is 9.97 Å². The topological polar surface area (TPSA) is 46.1 Å². The Hall–Kier alpha value is -2.49. The molecule has 0 spiro atoms. The van der Waals surface area contributed by atoms with Gasteiger partial charge in [0, 0.05) is 19.0 Å². The third-order valence-corrected chi connectivity index (χ3v) is 5.76. The zero-order chi connectivity index (χ0) is 18.8. The Labute approximate surface area is 161 Å². The molecule has 0 N–H and O–H groups in total. The molecule has 1 aromatic heterocycles. The molecule has 0 bridgehead atoms. The summed E-state index contributed by atoms with van der Waals surface area (Å²) in [6.45, 7) is 5.20. The highest BCUT2D eigenvalue weighted by molar-refractivity contribution is 5.99. The molecule has 1 aromatic carbocycles. The molecule has 0 saturated carbocycles. The van der Waals surface area contributed by atoms with Crippen molar-refractivity contribution in [3.05, 3.63) is 58.9 Å². The van der Waals surface area contributed by atoms with Crippen LogP contribution in [0.4, 0.5) is 5.95 Å². The quantitative estimate of drug-likeness (QED) is 0.800. The van der Waals surface area contributed by atoms with Crippen molar-refractivity contribution >= 4 is 17.8 Å². The molecule has 1 aliphatic carbocycles. The molecule has 0 unspecified atom stereocenters. The van der Waals surface area contributed by atoms with Gasteiger partial charge in [0.1, 0.15) is 0 Å². The van der Waals surface area contributed by atoms with Crippen LogP contribution in [0.1, 0.15) is 59.9 Å². The molecule has 1 saturated heterocycles. The first-order valence-corrected chi connectivity index (χ1v) is 10.0. The molecular formula is C23H27N3O. The molecule has 1 aliphatic heterocycles. The van der Waals surface area contributed by atoms with Gasteiger partial charge in [0.25, 0.3) is 0 Å². The predicted octanol–water partition coefficient (Wildman–Crippen LogP) is 4.62. The standard InChI is InChI=1S/C23H27N3O/c1-16-8-6-7-13-26(16)23-24-17(2)22-20(25-23)14-19(15-21(22)27)12-11-18-9-4-3-5-10-18/h3-5,9-12,16,19H,6-8,13-15H2,1-2H3/b12-11+/t16-,19-/m0/s1. The number of carbonyl (C=O) groups is 1. The number of carbonyl (C=O) groups excluding carboxylic acids is 1. The first-order chi connectivity index (χ1) is 13.1. The van der Waals surface area contributed by atoms with Crippen LogP contribution in [0.25, 0.3) is 6.08 Å². The average Bonchev–Trinajstić information content (AvgIpc) is 2.67. The molecule has 27 heavy (non-hydrogen) atoms. The van der Waals surface area contributed by atoms with E-state index in [1.165, 1.54) is 19.3 Å². The van der Waals surface area contributed by atoms with Gasteiger partial charge in [-0.3, -0.25) is 4.79 Å². The van der Waals surface area contributed by atoms with E-state index in [-0.39, 0.29) is 11.7 Å². The minimum atomic E-state index is 0.176. The normalized spacial score (nSPS) is 22.9. The van der Waals surface area contributed by atoms with Gasteiger partial charge in [-0.15, -0.1) is 0 Å². The number of piperidine rings is 1. The number of Topliss-reactive ketones (excluding diaryl/α,β-unsaturated/α-hetero) is 1. The molecule has 2 heterocycles. The molecule has 0 radical (unpaired) electrons. The molecule has 2 atom stereocenters. The van der Waals surface area contributed by atoms with E-state index in [2.05, 4.69) is 36.1 Å². The lowest BCUT2D eigenvalue weighted by Crippen LogP contribution is -2.39. The number of aryl methyl sites for hydroxylation is 1. The second kappa shape index (κ2) is 7.63. The summed E-state index contributed by atoms with van der Waals surface area (Å²) in [5.41, 5.74) is 3.68. The monoisotopic (exact) mass is 361 g/mol. The number of allylic oxidation sites excluding steroid dienone is 1. The van der Waals surface area contributed by atoms with Gasteiger partial charge < -0.3 is 4.90 Å². The van der Waals surface area contributed by atoms with Crippen LogP contribution in [0.3, 0.4) is 0 Å². The van der Waals surface area contributed by atoms with Crippen molar-refractivity contribution in [3.8, 4) is 0 Å². The Morgan fingerprint density at radius 2 is 1.93 bits per heavy atom. The molecule has 140 valence electrons. The largest absolute Gasteiger partial charge is 0.338 e. The number of aromatic nitrogens is 2. The zero-order valence-electron chi connectivity index (χ0n) is 16.2. The highest BCUT2D eigenvalue weighted by Gasteiger charge is 2.29. The Kier molecular flexibility index (Phi) is 5.06. The summed E-state index contributed by atoms with van der Waals surface area (Å²) in [6.07, 6.45) is 9.27. The molecule has 4 nitrogen and oxygen atoms in total. The van der Waals surface area contributed by atoms with Gasteiger partial charge in [0.2, 0.25) is 5.95 Å². The van der Waals surface area contributed by atoms with E-state index in [9.17, 15) is 4.79 Å². The second-order valence-electron chi connectivity index (χ2n) is 7.83. The van der Waals surface area contributed by atoms with Crippen molar-refractivity contribution in [2.45, 2.75) is 52.0 Å². The van der Waals surface area contributed by atoms with Gasteiger partial charge >= 0.3 is 0 Å². The summed E-state index contributed by atoms with van der Waals surface area (Å²) in [5, 5.41) is 0. The summed E-state index contributed by atoms with van der Waals surface area (Å²) in [6, 6.07) is 10.7. The van der Waals surface area contributed by atoms with Crippen LogP contribution < -0.4 is 4.90 Å². The Balaban J connectivity index is 1.60. The van der Waals surface area contributed by atoms with Crippen LogP contribution in [-0.4, -0.2) is 28.3 Å². The van der Waals surface area contributed by atoms with Crippen molar-refractivity contribution in [3.63, 3.8) is 0 Å². The number of ketones is 1. The maximum Gasteiger partial charge on any atom is 0.226 e. The molecule has 4 rings (SSSR count). The summed E-state index contributed by atoms with van der Waals surface area (Å²) in [4.78, 5) is 24.6. The van der Waals surface area contributed by atoms with Crippen LogP contribution >= 0.6 is 0 Å². The lowest BCUT2D eigenvalue weighted by Gasteiger charge is -2.34. The number of hydrogen-bond acceptors (Lipinski definition) is 4. The lowest BCUT2D eigenvalue weighted by molar-refractivity contribution is 0.0956. The third kappa shape index (κ3) is 3.80. The van der Waals surface area contributed by atoms with Gasteiger partial charge in [-0.05, 0) is 51.0 Å². The maximum absolute atomic E-state index is 12.8. The fourth-order valence-electron chi connectivity index (χ4n) is 4.26. The number of rotatable bonds is 3. The fraction of sp³-hybridized carbons (Fsp3) is 0.435. The Morgan fingerprint density at radius 3 is 2.70 bits per heavy atom. The number of anilines is 1. The summed E-state index contributed by atoms with van der Waals surface area (Å²) in [5.74, 6) is 1.18. The van der Waals surface area contributed by atoms with Gasteiger partial charge in [-0.1, -0.05) is 42.5 Å². The molecule has 1 fully saturated rings. The van der Waals surface area contributed by atoms with E-state index >= 15 is 0 Å². The van der Waals surface area contributed by atoms with E-state index < -0.39 is 0 Å². The van der Waals surface area contributed by atoms with Gasteiger partial charge in [-0.2, -0.15) is 0 Å². The van der Waals surface area contributed by atoms with Gasteiger partial charge in [0.15, 0.2) is 5.78 Å². The Morgan fingerprint density at radius 1 is 1.11 bits per heavy atom. The third-order valence-electron chi connectivity index (χ3n) is 5.76. The molecule has 2 aromatic rings. The van der Waals surface area contributed by atoms with Gasteiger partial charge in [0.05, 0.1) is 17.0 Å². The minimum Gasteiger partial charge on any atom is -0.338 e. The Bertz CT molecular complexity index is 859. The van der Waals surface area contributed by atoms with Crippen molar-refractivity contribution in [1.82, 2.24) is 9.97 Å². The SMILES string of the molecule is Cc1nc(N2CCCC[C@@H]2C)nc2c1C(=O)C[C@@H](/C=C/c1ccccc1)C2. The zero-order valence-corrected chi connectivity index (χ0v) is 16.2. The maximum atomic E-state index is 12.8. The van der Waals surface area contributed by atoms with E-state index in [0.717, 1.165) is 41.4 Å². The molecular weight excluding hydrogens is 334 g/mol. The molecule has 2 aliphatic rings. The number of nitrogens with zero attached hydrogens (tertiary/aromatic N) is 3. The van der Waals surface area contributed by atoms with Crippen LogP contribution in [0, 0.1) is 12.8 Å². The van der Waals surface area contributed by atoms with E-state index in [1.54, 1.807) is 0 Å². The first-order valence-electron chi connectivity index (χ1n) is 10.0. The predicted molar refractivity (Wildman–Crippen MR) is 109 cm³/mol. The van der Waals surface area contributed by atoms with E-state index in [4.69, 9.17) is 9.97 Å². The highest BCUT2D eigenvalue weighted by Crippen LogP contribution is 2.30. The van der Waals surface area contributed by atoms with Crippen LogP contribution in [0.5, 0.6) is 0 Å². The van der Waals surface area contributed by atoms with Crippen LogP contribution in [0.15, 0.2) is 36.4 Å². The van der Waals surface area contributed by atoms with E-state index in [0.29, 0.717) is 12.5 Å². The number of fused-ring (bicyclic) bond motifs is 1. The average molecular weight is 361 g/mol. The van der Waals surface area contributed by atoms with Crippen LogP contribution in [-0.2, 0) is 6.42 Å². The smallest absolute Gasteiger partial charge is 0.226 e. The first kappa shape index (κ1) is 17.9. The summed E-state index contributed by atoms with van der Waals surface area (Å²) >= 11 is 0. The van der Waals surface area contributed by atoms with Crippen molar-refractivity contribution in [2.75, 3.05) is 11.4 Å². The number of benzene rings is 1. The van der Waals surface area contributed by atoms with E-state index in [1.807, 2.05) is 25.1 Å². The van der Waals surface area contributed by atoms with Crippen molar-refractivity contribution < 1.29 is 4.79 Å².